The third kappa shape index (κ3) is 4.74. The van der Waals surface area contributed by atoms with Gasteiger partial charge in [-0.3, -0.25) is 9.48 Å². The molecule has 0 unspecified atom stereocenters. The average Bonchev–Trinajstić information content (AvgIpc) is 3.29. The molecule has 0 aliphatic rings. The van der Waals surface area contributed by atoms with Crippen molar-refractivity contribution in [3.05, 3.63) is 69.8 Å². The van der Waals surface area contributed by atoms with Gasteiger partial charge in [-0.15, -0.1) is 0 Å². The molecule has 0 atom stereocenters. The van der Waals surface area contributed by atoms with Gasteiger partial charge < -0.3 is 9.15 Å². The monoisotopic (exact) mass is 444 g/mol. The Labute approximate surface area is 169 Å². The molecule has 2 aromatic heterocycles. The third-order valence-electron chi connectivity index (χ3n) is 3.80. The van der Waals surface area contributed by atoms with Crippen LogP contribution >= 0.6 is 15.9 Å². The average molecular weight is 445 g/mol. The number of ether oxygens (including phenoxy) is 1. The van der Waals surface area contributed by atoms with Gasteiger partial charge in [0.2, 0.25) is 5.76 Å². The number of hydrazone groups is 1. The lowest BCUT2D eigenvalue weighted by atomic mass is 10.2. The number of amides is 1. The van der Waals surface area contributed by atoms with E-state index in [-0.39, 0.29) is 18.2 Å². The second-order valence-electron chi connectivity index (χ2n) is 5.87. The Hall–Kier alpha value is -3.20. The first kappa shape index (κ1) is 19.6. The number of nitrogens with one attached hydrogen (secondary N) is 1. The van der Waals surface area contributed by atoms with Crippen molar-refractivity contribution in [2.24, 2.45) is 5.10 Å². The summed E-state index contributed by atoms with van der Waals surface area (Å²) in [4.78, 5) is 23.8. The summed E-state index contributed by atoms with van der Waals surface area (Å²) in [5.74, 6) is -0.367. The van der Waals surface area contributed by atoms with Crippen molar-refractivity contribution in [1.29, 1.82) is 0 Å². The summed E-state index contributed by atoms with van der Waals surface area (Å²) in [6, 6.07) is 9.79. The minimum atomic E-state index is -0.575. The van der Waals surface area contributed by atoms with Gasteiger partial charge in [-0.05, 0) is 71.7 Å². The summed E-state index contributed by atoms with van der Waals surface area (Å²) in [5.41, 5.74) is 4.88. The number of esters is 1. The Morgan fingerprint density at radius 1 is 1.29 bits per heavy atom. The van der Waals surface area contributed by atoms with Crippen molar-refractivity contribution < 1.29 is 18.7 Å². The molecule has 0 radical (unpaired) electrons. The highest BCUT2D eigenvalue weighted by molar-refractivity contribution is 9.10. The Morgan fingerprint density at radius 3 is 2.64 bits per heavy atom. The molecule has 0 bridgehead atoms. The van der Waals surface area contributed by atoms with Crippen LogP contribution in [0.2, 0.25) is 0 Å². The van der Waals surface area contributed by atoms with Crippen LogP contribution in [0.1, 0.15) is 27.5 Å². The summed E-state index contributed by atoms with van der Waals surface area (Å²) in [6.07, 6.45) is 2.89. The number of hydrogen-bond donors (Lipinski definition) is 1. The SMILES string of the molecule is Cc1nn(CC(=O)N/N=C/c2ccc(OC(=O)c3ccco3)cc2)c(C)c1Br. The lowest BCUT2D eigenvalue weighted by Gasteiger charge is -2.03. The van der Waals surface area contributed by atoms with Crippen molar-refractivity contribution in [2.45, 2.75) is 20.4 Å². The highest BCUT2D eigenvalue weighted by atomic mass is 79.9. The van der Waals surface area contributed by atoms with E-state index < -0.39 is 5.97 Å². The van der Waals surface area contributed by atoms with E-state index in [9.17, 15) is 9.59 Å². The number of hydrogen-bond acceptors (Lipinski definition) is 6. The van der Waals surface area contributed by atoms with Crippen LogP contribution in [0.15, 0.2) is 56.7 Å². The van der Waals surface area contributed by atoms with Gasteiger partial charge in [-0.1, -0.05) is 0 Å². The lowest BCUT2D eigenvalue weighted by molar-refractivity contribution is -0.121. The largest absolute Gasteiger partial charge is 0.457 e. The van der Waals surface area contributed by atoms with Crippen LogP contribution in [0.4, 0.5) is 0 Å². The second kappa shape index (κ2) is 8.66. The van der Waals surface area contributed by atoms with Crippen LogP contribution < -0.4 is 10.2 Å². The maximum Gasteiger partial charge on any atom is 0.379 e. The molecule has 144 valence electrons. The molecule has 0 spiro atoms. The molecular weight excluding hydrogens is 428 g/mol. The van der Waals surface area contributed by atoms with Gasteiger partial charge >= 0.3 is 5.97 Å². The first-order valence-electron chi connectivity index (χ1n) is 8.31. The number of halogens is 1. The second-order valence-corrected chi connectivity index (χ2v) is 6.66. The smallest absolute Gasteiger partial charge is 0.379 e. The zero-order chi connectivity index (χ0) is 20.1. The molecule has 1 aromatic carbocycles. The minimum Gasteiger partial charge on any atom is -0.457 e. The van der Waals surface area contributed by atoms with Crippen LogP contribution in [-0.4, -0.2) is 27.9 Å². The molecule has 1 N–H and O–H groups in total. The van der Waals surface area contributed by atoms with Crippen LogP contribution in [0.5, 0.6) is 5.75 Å². The molecule has 0 fully saturated rings. The molecule has 28 heavy (non-hydrogen) atoms. The number of furan rings is 1. The van der Waals surface area contributed by atoms with Gasteiger partial charge in [0.15, 0.2) is 0 Å². The first-order valence-corrected chi connectivity index (χ1v) is 9.10. The summed E-state index contributed by atoms with van der Waals surface area (Å²) in [7, 11) is 0. The number of carbonyl (C=O) groups is 2. The fourth-order valence-corrected chi connectivity index (χ4v) is 2.64. The molecule has 8 nitrogen and oxygen atoms in total. The quantitative estimate of drug-likeness (QED) is 0.272. The first-order chi connectivity index (χ1) is 13.4. The van der Waals surface area contributed by atoms with Gasteiger partial charge in [0.05, 0.1) is 28.3 Å². The molecule has 2 heterocycles. The maximum absolute atomic E-state index is 12.0. The summed E-state index contributed by atoms with van der Waals surface area (Å²) in [5, 5.41) is 8.20. The fraction of sp³-hybridized carbons (Fsp3) is 0.158. The summed E-state index contributed by atoms with van der Waals surface area (Å²) < 4.78 is 12.7. The summed E-state index contributed by atoms with van der Waals surface area (Å²) in [6.45, 7) is 3.80. The van der Waals surface area contributed by atoms with Gasteiger partial charge in [0.1, 0.15) is 12.3 Å². The van der Waals surface area contributed by atoms with E-state index in [4.69, 9.17) is 9.15 Å². The van der Waals surface area contributed by atoms with Crippen LogP contribution in [-0.2, 0) is 11.3 Å². The lowest BCUT2D eigenvalue weighted by Crippen LogP contribution is -2.24. The van der Waals surface area contributed by atoms with Crippen molar-refractivity contribution in [2.75, 3.05) is 0 Å². The topological polar surface area (TPSA) is 98.7 Å². The minimum absolute atomic E-state index is 0.0667. The molecule has 3 aromatic rings. The standard InChI is InChI=1S/C19H17BrN4O4/c1-12-18(20)13(2)24(23-12)11-17(25)22-21-10-14-5-7-15(8-6-14)28-19(26)16-4-3-9-27-16/h3-10H,11H2,1-2H3,(H,22,25)/b21-10+. The zero-order valence-corrected chi connectivity index (χ0v) is 16.8. The van der Waals surface area contributed by atoms with Gasteiger partial charge in [0.25, 0.3) is 5.91 Å². The van der Waals surface area contributed by atoms with Crippen molar-refractivity contribution in [3.8, 4) is 5.75 Å². The Balaban J connectivity index is 1.52. The number of aromatic nitrogens is 2. The van der Waals surface area contributed by atoms with E-state index >= 15 is 0 Å². The van der Waals surface area contributed by atoms with E-state index in [0.717, 1.165) is 21.4 Å². The van der Waals surface area contributed by atoms with Gasteiger partial charge in [-0.25, -0.2) is 10.2 Å². The van der Waals surface area contributed by atoms with Crippen LogP contribution in [0.3, 0.4) is 0 Å². The maximum atomic E-state index is 12.0. The number of carbonyl (C=O) groups excluding carboxylic acids is 2. The van der Waals surface area contributed by atoms with Crippen LogP contribution in [0.25, 0.3) is 0 Å². The Bertz CT molecular complexity index is 1010. The van der Waals surface area contributed by atoms with Crippen LogP contribution in [0, 0.1) is 13.8 Å². The molecule has 0 saturated carbocycles. The Morgan fingerprint density at radius 2 is 2.04 bits per heavy atom. The van der Waals surface area contributed by atoms with E-state index in [1.165, 1.54) is 18.5 Å². The number of benzene rings is 1. The predicted molar refractivity (Wildman–Crippen MR) is 105 cm³/mol. The van der Waals surface area contributed by atoms with Crippen molar-refractivity contribution >= 4 is 34.0 Å². The van der Waals surface area contributed by atoms with E-state index in [0.29, 0.717) is 5.75 Å². The van der Waals surface area contributed by atoms with E-state index in [1.54, 1.807) is 35.0 Å². The molecular formula is C19H17BrN4O4. The zero-order valence-electron chi connectivity index (χ0n) is 15.2. The highest BCUT2D eigenvalue weighted by Crippen LogP contribution is 2.19. The predicted octanol–water partition coefficient (Wildman–Crippen LogP) is 3.22. The van der Waals surface area contributed by atoms with E-state index in [1.807, 2.05) is 13.8 Å². The van der Waals surface area contributed by atoms with Gasteiger partial charge in [0, 0.05) is 0 Å². The molecule has 0 aliphatic carbocycles. The molecule has 3 rings (SSSR count). The molecule has 1 amide bonds. The van der Waals surface area contributed by atoms with Gasteiger partial charge in [-0.2, -0.15) is 10.2 Å². The number of aryl methyl sites for hydroxylation is 1. The van der Waals surface area contributed by atoms with Crippen molar-refractivity contribution in [3.63, 3.8) is 0 Å². The fourth-order valence-electron chi connectivity index (χ4n) is 2.35. The normalized spacial score (nSPS) is 11.0. The number of rotatable bonds is 6. The molecule has 9 heteroatoms. The van der Waals surface area contributed by atoms with E-state index in [2.05, 4.69) is 31.6 Å². The Kier molecular flexibility index (Phi) is 6.05. The molecule has 0 saturated heterocycles. The number of nitrogens with zero attached hydrogens (tertiary/aromatic N) is 3. The summed E-state index contributed by atoms with van der Waals surface area (Å²) >= 11 is 3.42. The third-order valence-corrected chi connectivity index (χ3v) is 4.95. The highest BCUT2D eigenvalue weighted by Gasteiger charge is 2.12. The molecule has 0 aliphatic heterocycles. The van der Waals surface area contributed by atoms with Crippen molar-refractivity contribution in [1.82, 2.24) is 15.2 Å².